The molecule has 2 atom stereocenters. The molecule has 2 unspecified atom stereocenters. The summed E-state index contributed by atoms with van der Waals surface area (Å²) >= 11 is 3.31. The molecule has 22 heavy (non-hydrogen) atoms. The molecule has 8 heteroatoms. The fraction of sp³-hybridized carbons (Fsp3) is 0.643. The van der Waals surface area contributed by atoms with E-state index < -0.39 is 0 Å². The van der Waals surface area contributed by atoms with Crippen molar-refractivity contribution in [3.8, 4) is 0 Å². The van der Waals surface area contributed by atoms with Crippen LogP contribution in [0.15, 0.2) is 10.7 Å². The lowest BCUT2D eigenvalue weighted by molar-refractivity contribution is 0.114. The van der Waals surface area contributed by atoms with Gasteiger partial charge in [-0.05, 0) is 20.1 Å². The number of thioether (sulfide) groups is 1. The Bertz CT molecular complexity index is 647. The smallest absolute Gasteiger partial charge is 0.176 e. The lowest BCUT2D eigenvalue weighted by Gasteiger charge is -2.40. The van der Waals surface area contributed by atoms with Gasteiger partial charge in [0.25, 0.3) is 0 Å². The second-order valence-corrected chi connectivity index (χ2v) is 7.74. The molecule has 120 valence electrons. The van der Waals surface area contributed by atoms with Crippen LogP contribution in [0.3, 0.4) is 0 Å². The number of hydrogen-bond acceptors (Lipinski definition) is 8. The van der Waals surface area contributed by atoms with Gasteiger partial charge in [-0.2, -0.15) is 0 Å². The van der Waals surface area contributed by atoms with Gasteiger partial charge in [0.1, 0.15) is 11.0 Å². The zero-order chi connectivity index (χ0) is 15.7. The third kappa shape index (κ3) is 3.19. The quantitative estimate of drug-likeness (QED) is 0.851. The van der Waals surface area contributed by atoms with Gasteiger partial charge in [-0.25, -0.2) is 15.0 Å². The minimum Gasteiger partial charge on any atom is -0.392 e. The van der Waals surface area contributed by atoms with Crippen LogP contribution in [0.2, 0.25) is 0 Å². The highest BCUT2D eigenvalue weighted by Crippen LogP contribution is 2.34. The average molecular weight is 339 g/mol. The molecule has 1 N–H and O–H groups in total. The molecule has 1 aliphatic rings. The third-order valence-corrected chi connectivity index (χ3v) is 5.86. The predicted molar refractivity (Wildman–Crippen MR) is 91.9 cm³/mol. The number of β-amino-alcohol motifs (C(OH)–C–C–N with tert-alkyl or cyclic N) is 1. The van der Waals surface area contributed by atoms with E-state index in [1.807, 2.05) is 13.2 Å². The molecule has 1 aliphatic heterocycles. The van der Waals surface area contributed by atoms with E-state index in [1.165, 1.54) is 0 Å². The van der Waals surface area contributed by atoms with Crippen molar-refractivity contribution >= 4 is 39.3 Å². The summed E-state index contributed by atoms with van der Waals surface area (Å²) in [6, 6.07) is 0.352. The molecule has 3 heterocycles. The highest BCUT2D eigenvalue weighted by molar-refractivity contribution is 8.00. The van der Waals surface area contributed by atoms with Crippen LogP contribution in [-0.4, -0.2) is 69.5 Å². The molecule has 0 spiro atoms. The molecule has 1 saturated heterocycles. The molecule has 6 nitrogen and oxygen atoms in total. The molecule has 0 amide bonds. The van der Waals surface area contributed by atoms with Crippen LogP contribution in [0.1, 0.15) is 13.8 Å². The highest BCUT2D eigenvalue weighted by atomic mass is 32.2. The van der Waals surface area contributed by atoms with Gasteiger partial charge in [-0.1, -0.05) is 11.8 Å². The van der Waals surface area contributed by atoms with Gasteiger partial charge in [0, 0.05) is 32.2 Å². The molecule has 0 aromatic carbocycles. The summed E-state index contributed by atoms with van der Waals surface area (Å²) in [5, 5.41) is 9.56. The number of aromatic nitrogens is 3. The maximum Gasteiger partial charge on any atom is 0.176 e. The number of fused-ring (bicyclic) bond motifs is 1. The number of piperazine rings is 1. The summed E-state index contributed by atoms with van der Waals surface area (Å²) in [7, 11) is 0. The first-order valence-corrected chi connectivity index (χ1v) is 9.45. The molecule has 2 aromatic rings. The van der Waals surface area contributed by atoms with Gasteiger partial charge in [0.2, 0.25) is 0 Å². The summed E-state index contributed by atoms with van der Waals surface area (Å²) in [4.78, 5) is 18.0. The van der Waals surface area contributed by atoms with Crippen molar-refractivity contribution in [2.24, 2.45) is 0 Å². The monoisotopic (exact) mass is 339 g/mol. The first kappa shape index (κ1) is 15.9. The molecule has 2 aromatic heterocycles. The number of anilines is 1. The number of aliphatic hydroxyl groups is 1. The van der Waals surface area contributed by atoms with Gasteiger partial charge < -0.3 is 10.0 Å². The molecule has 0 saturated carbocycles. The van der Waals surface area contributed by atoms with Gasteiger partial charge in [0.15, 0.2) is 15.8 Å². The molecule has 0 aliphatic carbocycles. The van der Waals surface area contributed by atoms with E-state index in [2.05, 4.69) is 31.7 Å². The zero-order valence-corrected chi connectivity index (χ0v) is 14.7. The van der Waals surface area contributed by atoms with E-state index in [0.717, 1.165) is 46.7 Å². The van der Waals surface area contributed by atoms with Crippen molar-refractivity contribution in [2.75, 3.05) is 37.3 Å². The Morgan fingerprint density at radius 3 is 2.95 bits per heavy atom. The van der Waals surface area contributed by atoms with E-state index in [-0.39, 0.29) is 6.10 Å². The number of thiazole rings is 1. The molecule has 0 radical (unpaired) electrons. The van der Waals surface area contributed by atoms with Gasteiger partial charge in [0.05, 0.1) is 6.10 Å². The Labute approximate surface area is 138 Å². The van der Waals surface area contributed by atoms with E-state index in [9.17, 15) is 5.11 Å². The lowest BCUT2D eigenvalue weighted by Crippen LogP contribution is -2.53. The summed E-state index contributed by atoms with van der Waals surface area (Å²) in [6.07, 6.45) is 3.36. The predicted octanol–water partition coefficient (Wildman–Crippen LogP) is 1.70. The Kier molecular flexibility index (Phi) is 4.82. The average Bonchev–Trinajstić information content (AvgIpc) is 2.90. The Balaban J connectivity index is 1.84. The second-order valence-electron chi connectivity index (χ2n) is 5.68. The fourth-order valence-electron chi connectivity index (χ4n) is 2.90. The third-order valence-electron chi connectivity index (χ3n) is 3.83. The van der Waals surface area contributed by atoms with Crippen LogP contribution in [0.5, 0.6) is 0 Å². The van der Waals surface area contributed by atoms with Crippen molar-refractivity contribution in [1.29, 1.82) is 0 Å². The minimum atomic E-state index is -0.282. The van der Waals surface area contributed by atoms with Crippen molar-refractivity contribution in [3.05, 3.63) is 6.33 Å². The van der Waals surface area contributed by atoms with E-state index >= 15 is 0 Å². The SMILES string of the molecule is CSc1nc2ncnc(N3CCN(CC(C)O)CC3C)c2s1. The number of nitrogens with zero attached hydrogens (tertiary/aromatic N) is 5. The van der Waals surface area contributed by atoms with Crippen LogP contribution in [0, 0.1) is 0 Å². The Morgan fingerprint density at radius 1 is 1.45 bits per heavy atom. The number of rotatable bonds is 4. The minimum absolute atomic E-state index is 0.282. The molecular formula is C14H21N5OS2. The molecule has 0 bridgehead atoms. The normalized spacial score (nSPS) is 21.5. The van der Waals surface area contributed by atoms with Gasteiger partial charge in [-0.3, -0.25) is 4.90 Å². The standard InChI is InChI=1S/C14H21N5OS2/c1-9-6-18(7-10(2)20)4-5-19(9)13-11-12(15-8-16-13)17-14(21-3)22-11/h8-10,20H,4-7H2,1-3H3. The lowest BCUT2D eigenvalue weighted by atomic mass is 10.1. The second kappa shape index (κ2) is 6.66. The maximum absolute atomic E-state index is 9.56. The van der Waals surface area contributed by atoms with Crippen molar-refractivity contribution in [1.82, 2.24) is 19.9 Å². The van der Waals surface area contributed by atoms with Crippen molar-refractivity contribution in [2.45, 2.75) is 30.3 Å². The molecule has 3 rings (SSSR count). The van der Waals surface area contributed by atoms with Crippen LogP contribution < -0.4 is 4.90 Å². The van der Waals surface area contributed by atoms with E-state index in [4.69, 9.17) is 0 Å². The summed E-state index contributed by atoms with van der Waals surface area (Å²) in [5.74, 6) is 0.993. The Hall–Kier alpha value is -0.960. The largest absolute Gasteiger partial charge is 0.392 e. The molecular weight excluding hydrogens is 318 g/mol. The Morgan fingerprint density at radius 2 is 2.27 bits per heavy atom. The maximum atomic E-state index is 9.56. The van der Waals surface area contributed by atoms with Crippen LogP contribution in [-0.2, 0) is 0 Å². The first-order valence-electron chi connectivity index (χ1n) is 7.41. The first-order chi connectivity index (χ1) is 10.6. The summed E-state index contributed by atoms with van der Waals surface area (Å²) in [5.41, 5.74) is 0.790. The van der Waals surface area contributed by atoms with Gasteiger partial charge >= 0.3 is 0 Å². The summed E-state index contributed by atoms with van der Waals surface area (Å²) in [6.45, 7) is 7.56. The van der Waals surface area contributed by atoms with Gasteiger partial charge in [-0.15, -0.1) is 11.3 Å². The van der Waals surface area contributed by atoms with Crippen LogP contribution in [0.4, 0.5) is 5.82 Å². The van der Waals surface area contributed by atoms with E-state index in [1.54, 1.807) is 29.4 Å². The van der Waals surface area contributed by atoms with E-state index in [0.29, 0.717) is 6.04 Å². The van der Waals surface area contributed by atoms with Crippen molar-refractivity contribution in [3.63, 3.8) is 0 Å². The number of aliphatic hydroxyl groups excluding tert-OH is 1. The highest BCUT2D eigenvalue weighted by Gasteiger charge is 2.27. The van der Waals surface area contributed by atoms with Crippen LogP contribution in [0.25, 0.3) is 10.3 Å². The molecule has 1 fully saturated rings. The van der Waals surface area contributed by atoms with Crippen LogP contribution >= 0.6 is 23.1 Å². The topological polar surface area (TPSA) is 65.4 Å². The number of hydrogen-bond donors (Lipinski definition) is 1. The van der Waals surface area contributed by atoms with Crippen molar-refractivity contribution < 1.29 is 5.11 Å². The zero-order valence-electron chi connectivity index (χ0n) is 13.1. The summed E-state index contributed by atoms with van der Waals surface area (Å²) < 4.78 is 2.10. The fourth-order valence-corrected chi connectivity index (χ4v) is 4.42.